The second kappa shape index (κ2) is 8.02. The van der Waals surface area contributed by atoms with E-state index in [1.54, 1.807) is 0 Å². The van der Waals surface area contributed by atoms with Crippen molar-refractivity contribution < 1.29 is 9.47 Å². The first-order valence-electron chi connectivity index (χ1n) is 6.59. The molecule has 0 radical (unpaired) electrons. The maximum atomic E-state index is 5.62. The number of fused-ring (bicyclic) bond motifs is 1. The molecule has 0 spiro atoms. The number of thioether (sulfide) groups is 1. The summed E-state index contributed by atoms with van der Waals surface area (Å²) in [5, 5.41) is 3.47. The lowest BCUT2D eigenvalue weighted by Gasteiger charge is -2.20. The highest BCUT2D eigenvalue weighted by Crippen LogP contribution is 2.38. The third-order valence-electron chi connectivity index (χ3n) is 2.94. The summed E-state index contributed by atoms with van der Waals surface area (Å²) in [4.78, 5) is 0. The minimum Gasteiger partial charge on any atom is -0.486 e. The largest absolute Gasteiger partial charge is 0.486 e. The molecule has 0 aliphatic carbocycles. The van der Waals surface area contributed by atoms with Gasteiger partial charge in [0, 0.05) is 6.54 Å². The van der Waals surface area contributed by atoms with E-state index in [9.17, 15) is 0 Å². The zero-order valence-corrected chi connectivity index (χ0v) is 13.6. The molecule has 1 N–H and O–H groups in total. The molecule has 2 rings (SSSR count). The summed E-state index contributed by atoms with van der Waals surface area (Å²) in [7, 11) is 0. The van der Waals surface area contributed by atoms with Crippen LogP contribution in [0.4, 0.5) is 0 Å². The molecule has 0 saturated heterocycles. The van der Waals surface area contributed by atoms with E-state index in [-0.39, 0.29) is 0 Å². The van der Waals surface area contributed by atoms with Crippen molar-refractivity contribution in [2.45, 2.75) is 19.4 Å². The van der Waals surface area contributed by atoms with Gasteiger partial charge in [0.25, 0.3) is 0 Å². The lowest BCUT2D eigenvalue weighted by molar-refractivity contribution is 0.170. The Morgan fingerprint density at radius 3 is 2.95 bits per heavy atom. The van der Waals surface area contributed by atoms with Crippen LogP contribution in [0.25, 0.3) is 0 Å². The summed E-state index contributed by atoms with van der Waals surface area (Å²) in [6, 6.07) is 4.16. The normalized spacial score (nSPS) is 13.6. The average Bonchev–Trinajstić information content (AvgIpc) is 2.43. The molecule has 1 aliphatic rings. The van der Waals surface area contributed by atoms with Crippen LogP contribution in [-0.2, 0) is 6.54 Å². The molecule has 1 aromatic rings. The van der Waals surface area contributed by atoms with E-state index >= 15 is 0 Å². The van der Waals surface area contributed by atoms with E-state index in [2.05, 4.69) is 39.6 Å². The van der Waals surface area contributed by atoms with Crippen LogP contribution >= 0.6 is 27.7 Å². The molecule has 0 atom stereocenters. The standard InChI is InChI=1S/C14H20BrNO2S/c1-19-7-3-2-4-16-10-11-8-12(15)14-13(9-11)17-5-6-18-14/h8-9,16H,2-7,10H2,1H3. The Bertz CT molecular complexity index is 415. The first-order valence-corrected chi connectivity index (χ1v) is 8.77. The van der Waals surface area contributed by atoms with E-state index in [0.717, 1.165) is 29.1 Å². The van der Waals surface area contributed by atoms with Gasteiger partial charge in [-0.3, -0.25) is 0 Å². The number of hydrogen-bond donors (Lipinski definition) is 1. The molecular weight excluding hydrogens is 326 g/mol. The van der Waals surface area contributed by atoms with E-state index in [1.807, 2.05) is 11.8 Å². The smallest absolute Gasteiger partial charge is 0.175 e. The second-order valence-electron chi connectivity index (χ2n) is 4.48. The van der Waals surface area contributed by atoms with Crippen LogP contribution in [0.5, 0.6) is 11.5 Å². The predicted octanol–water partition coefficient (Wildman–Crippen LogP) is 3.45. The molecule has 0 amide bonds. The number of ether oxygens (including phenoxy) is 2. The summed E-state index contributed by atoms with van der Waals surface area (Å²) < 4.78 is 12.2. The quantitative estimate of drug-likeness (QED) is 0.766. The predicted molar refractivity (Wildman–Crippen MR) is 84.5 cm³/mol. The molecule has 1 aromatic carbocycles. The molecule has 19 heavy (non-hydrogen) atoms. The van der Waals surface area contributed by atoms with E-state index in [1.165, 1.54) is 24.2 Å². The average molecular weight is 346 g/mol. The zero-order chi connectivity index (χ0) is 13.5. The van der Waals surface area contributed by atoms with Crippen molar-refractivity contribution in [2.75, 3.05) is 31.8 Å². The Kier molecular flexibility index (Phi) is 6.34. The lowest BCUT2D eigenvalue weighted by atomic mass is 10.2. The molecular formula is C14H20BrNO2S. The molecule has 0 saturated carbocycles. The minimum absolute atomic E-state index is 0.624. The fourth-order valence-corrected chi connectivity index (χ4v) is 3.09. The molecule has 106 valence electrons. The van der Waals surface area contributed by atoms with Gasteiger partial charge in [0.2, 0.25) is 0 Å². The van der Waals surface area contributed by atoms with Crippen molar-refractivity contribution in [1.29, 1.82) is 0 Å². The van der Waals surface area contributed by atoms with E-state index in [0.29, 0.717) is 13.2 Å². The topological polar surface area (TPSA) is 30.5 Å². The number of hydrogen-bond acceptors (Lipinski definition) is 4. The van der Waals surface area contributed by atoms with Crippen molar-refractivity contribution in [1.82, 2.24) is 5.32 Å². The van der Waals surface area contributed by atoms with Crippen molar-refractivity contribution in [3.63, 3.8) is 0 Å². The zero-order valence-electron chi connectivity index (χ0n) is 11.2. The third kappa shape index (κ3) is 4.58. The molecule has 5 heteroatoms. The fraction of sp³-hybridized carbons (Fsp3) is 0.571. The first kappa shape index (κ1) is 15.0. The van der Waals surface area contributed by atoms with E-state index in [4.69, 9.17) is 9.47 Å². The number of nitrogens with one attached hydrogen (secondary N) is 1. The highest BCUT2D eigenvalue weighted by Gasteiger charge is 2.15. The van der Waals surface area contributed by atoms with Gasteiger partial charge >= 0.3 is 0 Å². The van der Waals surface area contributed by atoms with Crippen molar-refractivity contribution in [2.24, 2.45) is 0 Å². The number of rotatable bonds is 7. The number of halogens is 1. The molecule has 0 bridgehead atoms. The number of benzene rings is 1. The summed E-state index contributed by atoms with van der Waals surface area (Å²) in [6.07, 6.45) is 4.66. The van der Waals surface area contributed by atoms with Crippen LogP contribution in [-0.4, -0.2) is 31.8 Å². The SMILES string of the molecule is CSCCCCNCc1cc(Br)c2c(c1)OCCO2. The maximum Gasteiger partial charge on any atom is 0.175 e. The highest BCUT2D eigenvalue weighted by molar-refractivity contribution is 9.10. The van der Waals surface area contributed by atoms with Crippen LogP contribution in [0.3, 0.4) is 0 Å². The Balaban J connectivity index is 1.82. The van der Waals surface area contributed by atoms with Crippen LogP contribution in [0, 0.1) is 0 Å². The lowest BCUT2D eigenvalue weighted by Crippen LogP contribution is -2.18. The van der Waals surface area contributed by atoms with Crippen molar-refractivity contribution in [3.8, 4) is 11.5 Å². The van der Waals surface area contributed by atoms with Crippen LogP contribution in [0.15, 0.2) is 16.6 Å². The summed E-state index contributed by atoms with van der Waals surface area (Å²) in [5.41, 5.74) is 1.22. The van der Waals surface area contributed by atoms with E-state index < -0.39 is 0 Å². The Hall–Kier alpha value is -0.390. The monoisotopic (exact) mass is 345 g/mol. The molecule has 3 nitrogen and oxygen atoms in total. The summed E-state index contributed by atoms with van der Waals surface area (Å²) in [6.45, 7) is 3.19. The van der Waals surface area contributed by atoms with Gasteiger partial charge < -0.3 is 14.8 Å². The van der Waals surface area contributed by atoms with Gasteiger partial charge in [0.05, 0.1) is 4.47 Å². The van der Waals surface area contributed by atoms with Crippen molar-refractivity contribution in [3.05, 3.63) is 22.2 Å². The van der Waals surface area contributed by atoms with Gasteiger partial charge in [-0.25, -0.2) is 0 Å². The summed E-state index contributed by atoms with van der Waals surface area (Å²) in [5.74, 6) is 2.92. The second-order valence-corrected chi connectivity index (χ2v) is 6.32. The third-order valence-corrected chi connectivity index (χ3v) is 4.22. The molecule has 0 aromatic heterocycles. The van der Waals surface area contributed by atoms with Crippen LogP contribution < -0.4 is 14.8 Å². The Labute approximate surface area is 127 Å². The molecule has 0 unspecified atom stereocenters. The van der Waals surface area contributed by atoms with Crippen LogP contribution in [0.2, 0.25) is 0 Å². The Morgan fingerprint density at radius 2 is 2.11 bits per heavy atom. The van der Waals surface area contributed by atoms with Crippen molar-refractivity contribution >= 4 is 27.7 Å². The summed E-state index contributed by atoms with van der Waals surface area (Å²) >= 11 is 5.45. The maximum absolute atomic E-state index is 5.62. The molecule has 1 heterocycles. The van der Waals surface area contributed by atoms with Gasteiger partial charge in [-0.15, -0.1) is 0 Å². The van der Waals surface area contributed by atoms with Gasteiger partial charge in [-0.05, 0) is 65.0 Å². The van der Waals surface area contributed by atoms with Gasteiger partial charge in [-0.2, -0.15) is 11.8 Å². The Morgan fingerprint density at radius 1 is 1.26 bits per heavy atom. The fourth-order valence-electron chi connectivity index (χ4n) is 2.00. The van der Waals surface area contributed by atoms with Gasteiger partial charge in [0.1, 0.15) is 13.2 Å². The highest BCUT2D eigenvalue weighted by atomic mass is 79.9. The number of unbranched alkanes of at least 4 members (excludes halogenated alkanes) is 1. The van der Waals surface area contributed by atoms with Gasteiger partial charge in [-0.1, -0.05) is 0 Å². The molecule has 1 aliphatic heterocycles. The van der Waals surface area contributed by atoms with Crippen LogP contribution in [0.1, 0.15) is 18.4 Å². The minimum atomic E-state index is 0.624. The first-order chi connectivity index (χ1) is 9.31. The molecule has 0 fully saturated rings. The van der Waals surface area contributed by atoms with Gasteiger partial charge in [0.15, 0.2) is 11.5 Å².